The van der Waals surface area contributed by atoms with Crippen LogP contribution in [0.5, 0.6) is 0 Å². The van der Waals surface area contributed by atoms with E-state index in [-0.39, 0.29) is 30.6 Å². The van der Waals surface area contributed by atoms with Crippen molar-refractivity contribution in [3.8, 4) is 0 Å². The lowest BCUT2D eigenvalue weighted by molar-refractivity contribution is 0.455. The minimum absolute atomic E-state index is 0.0744. The van der Waals surface area contributed by atoms with E-state index in [1.165, 1.54) is 13.8 Å². The standard InChI is InChI=1S/C28H65N7O12S6/c1-19(2)11-25(15-48(30,36)37)33-49(38,39)14-24(10)32-53(46,47)18-28(22(7)8)35-51(42,43)16-26(12-20(3)4)34-50(40,41)13-23(9)31-52(44,45)17-27(29)21(5)6/h19-28,31-35H,11-18,29H2,1-10H3,(H2,30,36,37)/t23-,24-,25-,26-,27+,28+/m0/s1. The van der Waals surface area contributed by atoms with E-state index in [4.69, 9.17) is 10.9 Å². The van der Waals surface area contributed by atoms with Gasteiger partial charge in [-0.2, -0.15) is 0 Å². The Labute approximate surface area is 320 Å². The summed E-state index contributed by atoms with van der Waals surface area (Å²) in [7, 11) is -25.1. The molecule has 6 atom stereocenters. The fraction of sp³-hybridized carbons (Fsp3) is 1.00. The monoisotopic (exact) mass is 883 g/mol. The molecule has 0 aliphatic rings. The molecule has 0 aromatic carbocycles. The van der Waals surface area contributed by atoms with Crippen LogP contribution in [0.2, 0.25) is 0 Å². The number of primary sulfonamides is 1. The minimum Gasteiger partial charge on any atom is -0.326 e. The normalized spacial score (nSPS) is 17.7. The zero-order chi connectivity index (χ0) is 42.0. The number of nitrogens with two attached hydrogens (primary N) is 2. The second-order valence-corrected chi connectivity index (χ2v) is 26.2. The number of rotatable bonds is 28. The average molecular weight is 884 g/mol. The third kappa shape index (κ3) is 25.3. The molecule has 0 aromatic heterocycles. The summed E-state index contributed by atoms with van der Waals surface area (Å²) in [4.78, 5) is 0. The van der Waals surface area contributed by atoms with Crippen molar-refractivity contribution in [2.45, 2.75) is 118 Å². The SMILES string of the molecule is CC(C)C[C@@H](CS(=O)(=O)N[C@H](CS(=O)(=O)N[C@@H](C)CS(=O)(=O)N[C@@H](CC(C)C)CS(N)(=O)=O)C(C)C)NS(=O)(=O)C[C@H](C)NS(=O)(=O)C[C@@H](N)C(C)C. The number of hydrogen-bond acceptors (Lipinski definition) is 13. The quantitative estimate of drug-likeness (QED) is 0.0471. The molecule has 0 heterocycles. The van der Waals surface area contributed by atoms with E-state index in [0.717, 1.165) is 0 Å². The van der Waals surface area contributed by atoms with Gasteiger partial charge in [-0.15, -0.1) is 0 Å². The van der Waals surface area contributed by atoms with Gasteiger partial charge >= 0.3 is 0 Å². The first kappa shape index (κ1) is 52.4. The lowest BCUT2D eigenvalue weighted by Gasteiger charge is -2.26. The van der Waals surface area contributed by atoms with Crippen molar-refractivity contribution in [1.29, 1.82) is 0 Å². The van der Waals surface area contributed by atoms with Gasteiger partial charge in [0.1, 0.15) is 0 Å². The Morgan fingerprint density at radius 2 is 0.755 bits per heavy atom. The highest BCUT2D eigenvalue weighted by Crippen LogP contribution is 2.13. The summed E-state index contributed by atoms with van der Waals surface area (Å²) >= 11 is 0. The Bertz CT molecular complexity index is 1800. The molecule has 0 aromatic rings. The van der Waals surface area contributed by atoms with Gasteiger partial charge < -0.3 is 5.73 Å². The van der Waals surface area contributed by atoms with E-state index in [1.807, 2.05) is 0 Å². The van der Waals surface area contributed by atoms with Crippen LogP contribution in [0.3, 0.4) is 0 Å². The van der Waals surface area contributed by atoms with Gasteiger partial charge in [0.25, 0.3) is 0 Å². The molecule has 9 N–H and O–H groups in total. The average Bonchev–Trinajstić information content (AvgIpc) is 2.82. The van der Waals surface area contributed by atoms with Crippen molar-refractivity contribution >= 4 is 60.1 Å². The lowest BCUT2D eigenvalue weighted by Crippen LogP contribution is -2.52. The molecule has 0 aliphatic carbocycles. The first-order chi connectivity index (χ1) is 23.5. The predicted octanol–water partition coefficient (Wildman–Crippen LogP) is -1.51. The third-order valence-corrected chi connectivity index (χ3v) is 16.3. The highest BCUT2D eigenvalue weighted by atomic mass is 32.2. The Morgan fingerprint density at radius 3 is 1.09 bits per heavy atom. The number of hydrogen-bond donors (Lipinski definition) is 7. The molecule has 53 heavy (non-hydrogen) atoms. The maximum Gasteiger partial charge on any atom is 0.213 e. The zero-order valence-corrected chi connectivity index (χ0v) is 37.3. The summed E-state index contributed by atoms with van der Waals surface area (Å²) in [5.41, 5.74) is 5.86. The van der Waals surface area contributed by atoms with E-state index in [9.17, 15) is 50.5 Å². The first-order valence-electron chi connectivity index (χ1n) is 17.3. The summed E-state index contributed by atoms with van der Waals surface area (Å²) in [6.45, 7) is 16.2. The van der Waals surface area contributed by atoms with Crippen molar-refractivity contribution in [2.24, 2.45) is 34.5 Å². The van der Waals surface area contributed by atoms with Gasteiger partial charge in [0.05, 0.1) is 34.5 Å². The Hall–Kier alpha value is -0.580. The van der Waals surface area contributed by atoms with E-state index in [2.05, 4.69) is 23.6 Å². The molecule has 0 fully saturated rings. The molecule has 0 rings (SSSR count). The van der Waals surface area contributed by atoms with Gasteiger partial charge in [-0.1, -0.05) is 55.4 Å². The second kappa shape index (κ2) is 21.3. The van der Waals surface area contributed by atoms with Crippen molar-refractivity contribution in [1.82, 2.24) is 23.6 Å². The second-order valence-electron chi connectivity index (χ2n) is 15.5. The minimum atomic E-state index is -4.35. The molecule has 0 bridgehead atoms. The van der Waals surface area contributed by atoms with E-state index >= 15 is 0 Å². The first-order valence-corrected chi connectivity index (χ1v) is 27.3. The highest BCUT2D eigenvalue weighted by molar-refractivity contribution is 7.91. The molecule has 0 radical (unpaired) electrons. The van der Waals surface area contributed by atoms with Crippen LogP contribution in [0.25, 0.3) is 0 Å². The molecule has 0 saturated carbocycles. The molecule has 0 amide bonds. The molecular weight excluding hydrogens is 819 g/mol. The van der Waals surface area contributed by atoms with Gasteiger partial charge in [0.15, 0.2) is 0 Å². The number of sulfonamides is 6. The van der Waals surface area contributed by atoms with Gasteiger partial charge in [-0.25, -0.2) is 79.3 Å². The van der Waals surface area contributed by atoms with Crippen LogP contribution in [-0.4, -0.2) is 121 Å². The van der Waals surface area contributed by atoms with Gasteiger partial charge in [0, 0.05) is 36.3 Å². The van der Waals surface area contributed by atoms with Crippen LogP contribution in [0.1, 0.15) is 82.1 Å². The Balaban J connectivity index is 5.77. The van der Waals surface area contributed by atoms with Crippen LogP contribution in [0.15, 0.2) is 0 Å². The topological polar surface area (TPSA) is 317 Å². The van der Waals surface area contributed by atoms with E-state index < -0.39 is 137 Å². The summed E-state index contributed by atoms with van der Waals surface area (Å²) in [6.07, 6.45) is 0.227. The van der Waals surface area contributed by atoms with Crippen molar-refractivity contribution < 1.29 is 50.5 Å². The van der Waals surface area contributed by atoms with Crippen molar-refractivity contribution in [3.63, 3.8) is 0 Å². The Kier molecular flexibility index (Phi) is 21.0. The summed E-state index contributed by atoms with van der Waals surface area (Å²) in [5.74, 6) is -5.07. The molecule has 320 valence electrons. The molecule has 0 aliphatic heterocycles. The number of nitrogens with one attached hydrogen (secondary N) is 5. The largest absolute Gasteiger partial charge is 0.326 e. The van der Waals surface area contributed by atoms with E-state index in [0.29, 0.717) is 0 Å². The van der Waals surface area contributed by atoms with Crippen LogP contribution in [-0.2, 0) is 60.1 Å². The maximum absolute atomic E-state index is 13.4. The third-order valence-electron chi connectivity index (χ3n) is 7.56. The fourth-order valence-electron chi connectivity index (χ4n) is 5.35. The van der Waals surface area contributed by atoms with Crippen molar-refractivity contribution in [2.75, 3.05) is 34.5 Å². The summed E-state index contributed by atoms with van der Waals surface area (Å²) in [6, 6.07) is -6.38. The summed E-state index contributed by atoms with van der Waals surface area (Å²) in [5, 5.41) is 5.10. The predicted molar refractivity (Wildman–Crippen MR) is 209 cm³/mol. The van der Waals surface area contributed by atoms with Gasteiger partial charge in [-0.05, 0) is 50.4 Å². The molecule has 0 spiro atoms. The van der Waals surface area contributed by atoms with E-state index in [1.54, 1.807) is 55.4 Å². The summed E-state index contributed by atoms with van der Waals surface area (Å²) < 4.78 is 164. The Morgan fingerprint density at radius 1 is 0.415 bits per heavy atom. The molecule has 19 nitrogen and oxygen atoms in total. The van der Waals surface area contributed by atoms with Gasteiger partial charge in [0.2, 0.25) is 60.1 Å². The maximum atomic E-state index is 13.4. The molecule has 25 heteroatoms. The van der Waals surface area contributed by atoms with Crippen molar-refractivity contribution in [3.05, 3.63) is 0 Å². The fourth-order valence-corrected chi connectivity index (χ4v) is 14.8. The molecule has 0 saturated heterocycles. The van der Waals surface area contributed by atoms with Crippen LogP contribution in [0, 0.1) is 23.7 Å². The molecule has 0 unspecified atom stereocenters. The van der Waals surface area contributed by atoms with Crippen LogP contribution >= 0.6 is 0 Å². The lowest BCUT2D eigenvalue weighted by atomic mass is 10.1. The zero-order valence-electron chi connectivity index (χ0n) is 32.4. The van der Waals surface area contributed by atoms with Crippen LogP contribution < -0.4 is 34.5 Å². The van der Waals surface area contributed by atoms with Crippen LogP contribution in [0.4, 0.5) is 0 Å². The highest BCUT2D eigenvalue weighted by Gasteiger charge is 2.33. The van der Waals surface area contributed by atoms with Gasteiger partial charge in [-0.3, -0.25) is 0 Å². The molecular formula is C28H65N7O12S6. The smallest absolute Gasteiger partial charge is 0.213 e.